The normalized spacial score (nSPS) is 12.4. The quantitative estimate of drug-likeness (QED) is 0.529. The number of carbonyl (C=O) groups is 1. The Morgan fingerprint density at radius 3 is 2.06 bits per heavy atom. The second-order valence-electron chi connectivity index (χ2n) is 7.15. The molecule has 3 rings (SSSR count). The highest BCUT2D eigenvalue weighted by atomic mass is 19.4. The third-order valence-corrected chi connectivity index (χ3v) is 4.79. The maximum atomic E-state index is 12.6. The van der Waals surface area contributed by atoms with Gasteiger partial charge in [0.05, 0.1) is 11.6 Å². The highest BCUT2D eigenvalue weighted by Gasteiger charge is 2.29. The van der Waals surface area contributed by atoms with Gasteiger partial charge in [-0.3, -0.25) is 4.79 Å². The van der Waals surface area contributed by atoms with E-state index in [1.165, 1.54) is 12.1 Å². The summed E-state index contributed by atoms with van der Waals surface area (Å²) in [6.07, 6.45) is -3.84. The summed E-state index contributed by atoms with van der Waals surface area (Å²) in [6.45, 7) is 0.621. The molecule has 1 unspecified atom stereocenters. The summed E-state index contributed by atoms with van der Waals surface area (Å²) >= 11 is 0. The Morgan fingerprint density at radius 1 is 0.871 bits per heavy atom. The third kappa shape index (κ3) is 6.86. The van der Waals surface area contributed by atoms with Crippen molar-refractivity contribution < 1.29 is 22.7 Å². The fourth-order valence-corrected chi connectivity index (χ4v) is 3.02. The van der Waals surface area contributed by atoms with Gasteiger partial charge in [0.2, 0.25) is 5.91 Å². The first-order valence-corrected chi connectivity index (χ1v) is 9.76. The van der Waals surface area contributed by atoms with Crippen LogP contribution in [0.4, 0.5) is 13.2 Å². The highest BCUT2D eigenvalue weighted by molar-refractivity contribution is 5.80. The largest absolute Gasteiger partial charge is 0.489 e. The second-order valence-corrected chi connectivity index (χ2v) is 7.15. The van der Waals surface area contributed by atoms with E-state index in [0.717, 1.165) is 23.3 Å². The molecule has 0 saturated heterocycles. The van der Waals surface area contributed by atoms with Crippen molar-refractivity contribution in [1.29, 1.82) is 0 Å². The predicted octanol–water partition coefficient (Wildman–Crippen LogP) is 4.47. The molecule has 0 saturated carbocycles. The minimum Gasteiger partial charge on any atom is -0.489 e. The van der Waals surface area contributed by atoms with E-state index in [2.05, 4.69) is 5.32 Å². The van der Waals surface area contributed by atoms with Crippen molar-refractivity contribution in [3.8, 4) is 5.75 Å². The maximum Gasteiger partial charge on any atom is 0.416 e. The molecule has 31 heavy (non-hydrogen) atoms. The molecule has 3 aromatic carbocycles. The molecule has 1 atom stereocenters. The summed E-state index contributed by atoms with van der Waals surface area (Å²) in [6, 6.07) is 21.3. The fraction of sp³-hybridized carbons (Fsp3) is 0.208. The molecule has 0 aliphatic heterocycles. The van der Waals surface area contributed by atoms with E-state index in [4.69, 9.17) is 10.5 Å². The van der Waals surface area contributed by atoms with E-state index in [1.54, 1.807) is 12.1 Å². The lowest BCUT2D eigenvalue weighted by Gasteiger charge is -2.16. The van der Waals surface area contributed by atoms with Crippen molar-refractivity contribution in [2.24, 2.45) is 5.73 Å². The van der Waals surface area contributed by atoms with Crippen LogP contribution in [0.3, 0.4) is 0 Å². The first kappa shape index (κ1) is 22.4. The summed E-state index contributed by atoms with van der Waals surface area (Å²) in [5.41, 5.74) is 7.44. The zero-order valence-corrected chi connectivity index (χ0v) is 16.7. The SMILES string of the molecule is NC(=O)C(Cc1ccccc1)NCc1ccc(OCc2ccc(C(F)(F)F)cc2)cc1. The number of benzene rings is 3. The minimum absolute atomic E-state index is 0.163. The molecule has 0 radical (unpaired) electrons. The van der Waals surface area contributed by atoms with Gasteiger partial charge in [-0.2, -0.15) is 13.2 Å². The predicted molar refractivity (Wildman–Crippen MR) is 112 cm³/mol. The van der Waals surface area contributed by atoms with Crippen molar-refractivity contribution in [2.75, 3.05) is 0 Å². The lowest BCUT2D eigenvalue weighted by molar-refractivity contribution is -0.137. The van der Waals surface area contributed by atoms with Gasteiger partial charge in [-0.1, -0.05) is 54.6 Å². The molecule has 162 valence electrons. The smallest absolute Gasteiger partial charge is 0.416 e. The topological polar surface area (TPSA) is 64.4 Å². The van der Waals surface area contributed by atoms with Gasteiger partial charge in [-0.05, 0) is 47.4 Å². The first-order chi connectivity index (χ1) is 14.8. The molecule has 0 aliphatic rings. The molecule has 0 spiro atoms. The molecule has 4 nitrogen and oxygen atoms in total. The number of ether oxygens (including phenoxy) is 1. The monoisotopic (exact) mass is 428 g/mol. The van der Waals surface area contributed by atoms with Crippen molar-refractivity contribution in [2.45, 2.75) is 31.8 Å². The van der Waals surface area contributed by atoms with Crippen molar-refractivity contribution in [3.05, 3.63) is 101 Å². The van der Waals surface area contributed by atoms with Gasteiger partial charge in [0.1, 0.15) is 12.4 Å². The van der Waals surface area contributed by atoms with Crippen LogP contribution in [-0.4, -0.2) is 11.9 Å². The second kappa shape index (κ2) is 10.1. The van der Waals surface area contributed by atoms with E-state index in [9.17, 15) is 18.0 Å². The van der Waals surface area contributed by atoms with Gasteiger partial charge < -0.3 is 15.8 Å². The van der Waals surface area contributed by atoms with Crippen LogP contribution < -0.4 is 15.8 Å². The minimum atomic E-state index is -4.35. The maximum absolute atomic E-state index is 12.6. The molecule has 0 fully saturated rings. The van der Waals surface area contributed by atoms with Crippen LogP contribution in [0.15, 0.2) is 78.9 Å². The average molecular weight is 428 g/mol. The molecule has 0 aliphatic carbocycles. The molecular weight excluding hydrogens is 405 g/mol. The number of nitrogens with one attached hydrogen (secondary N) is 1. The van der Waals surface area contributed by atoms with Gasteiger partial charge in [0, 0.05) is 6.54 Å². The van der Waals surface area contributed by atoms with E-state index >= 15 is 0 Å². The standard InChI is InChI=1S/C24H23F3N2O2/c25-24(26,27)20-10-6-19(7-11-20)16-31-21-12-8-18(9-13-21)15-29-22(23(28)30)14-17-4-2-1-3-5-17/h1-13,22,29H,14-16H2,(H2,28,30). The first-order valence-electron chi connectivity index (χ1n) is 9.76. The Kier molecular flexibility index (Phi) is 7.31. The zero-order chi connectivity index (χ0) is 22.3. The van der Waals surface area contributed by atoms with Gasteiger partial charge in [0.15, 0.2) is 0 Å². The molecule has 0 aromatic heterocycles. The number of alkyl halides is 3. The molecule has 0 heterocycles. The van der Waals surface area contributed by atoms with Gasteiger partial charge >= 0.3 is 6.18 Å². The van der Waals surface area contributed by atoms with Crippen LogP contribution in [0, 0.1) is 0 Å². The number of primary amides is 1. The highest BCUT2D eigenvalue weighted by Crippen LogP contribution is 2.29. The Bertz CT molecular complexity index is 972. The molecule has 3 N–H and O–H groups in total. The zero-order valence-electron chi connectivity index (χ0n) is 16.7. The summed E-state index contributed by atoms with van der Waals surface area (Å²) in [7, 11) is 0. The number of nitrogens with two attached hydrogens (primary N) is 1. The van der Waals surface area contributed by atoms with E-state index < -0.39 is 23.7 Å². The average Bonchev–Trinajstić information content (AvgIpc) is 2.76. The Balaban J connectivity index is 1.50. The van der Waals surface area contributed by atoms with Crippen LogP contribution in [0.2, 0.25) is 0 Å². The van der Waals surface area contributed by atoms with Gasteiger partial charge in [0.25, 0.3) is 0 Å². The summed E-state index contributed by atoms with van der Waals surface area (Å²) < 4.78 is 43.5. The Hall–Kier alpha value is -3.32. The van der Waals surface area contributed by atoms with E-state index in [0.29, 0.717) is 24.3 Å². The van der Waals surface area contributed by atoms with E-state index in [1.807, 2.05) is 42.5 Å². The molecule has 7 heteroatoms. The number of carbonyl (C=O) groups excluding carboxylic acids is 1. The lowest BCUT2D eigenvalue weighted by Crippen LogP contribution is -2.42. The molecule has 3 aromatic rings. The summed E-state index contributed by atoms with van der Waals surface area (Å²) in [4.78, 5) is 11.8. The molecular formula is C24H23F3N2O2. The van der Waals surface area contributed by atoms with E-state index in [-0.39, 0.29) is 6.61 Å². The number of amides is 1. The Morgan fingerprint density at radius 2 is 1.48 bits per heavy atom. The van der Waals surface area contributed by atoms with Crippen molar-refractivity contribution in [3.63, 3.8) is 0 Å². The fourth-order valence-electron chi connectivity index (χ4n) is 3.02. The number of hydrogen-bond donors (Lipinski definition) is 2. The van der Waals surface area contributed by atoms with Crippen LogP contribution in [-0.2, 0) is 30.5 Å². The third-order valence-electron chi connectivity index (χ3n) is 4.79. The lowest BCUT2D eigenvalue weighted by atomic mass is 10.1. The van der Waals surface area contributed by atoms with Crippen molar-refractivity contribution >= 4 is 5.91 Å². The number of halogens is 3. The summed E-state index contributed by atoms with van der Waals surface area (Å²) in [5.74, 6) is 0.180. The molecule has 1 amide bonds. The number of rotatable bonds is 9. The number of hydrogen-bond acceptors (Lipinski definition) is 3. The van der Waals surface area contributed by atoms with Crippen LogP contribution in [0.1, 0.15) is 22.3 Å². The van der Waals surface area contributed by atoms with Crippen LogP contribution >= 0.6 is 0 Å². The van der Waals surface area contributed by atoms with Crippen LogP contribution in [0.25, 0.3) is 0 Å². The Labute approximate surface area is 178 Å². The van der Waals surface area contributed by atoms with Gasteiger partial charge in [-0.15, -0.1) is 0 Å². The molecule has 0 bridgehead atoms. The summed E-state index contributed by atoms with van der Waals surface area (Å²) in [5, 5.41) is 3.17. The van der Waals surface area contributed by atoms with Crippen LogP contribution in [0.5, 0.6) is 5.75 Å². The van der Waals surface area contributed by atoms with Crippen molar-refractivity contribution in [1.82, 2.24) is 5.32 Å². The van der Waals surface area contributed by atoms with Gasteiger partial charge in [-0.25, -0.2) is 0 Å².